The Bertz CT molecular complexity index is 552. The monoisotopic (exact) mass is 243 g/mol. The summed E-state index contributed by atoms with van der Waals surface area (Å²) in [7, 11) is 4.14. The summed E-state index contributed by atoms with van der Waals surface area (Å²) >= 11 is 0. The van der Waals surface area contributed by atoms with Gasteiger partial charge in [0.15, 0.2) is 0 Å². The van der Waals surface area contributed by atoms with E-state index in [0.29, 0.717) is 5.92 Å². The number of imidazole rings is 1. The van der Waals surface area contributed by atoms with E-state index in [2.05, 4.69) is 35.1 Å². The molecule has 0 spiro atoms. The molecule has 0 saturated heterocycles. The van der Waals surface area contributed by atoms with Crippen molar-refractivity contribution >= 4 is 11.0 Å². The second-order valence-electron chi connectivity index (χ2n) is 5.33. The smallest absolute Gasteiger partial charge is 0.112 e. The quantitative estimate of drug-likeness (QED) is 0.894. The number of likely N-dealkylation sites (N-methyl/N-ethyl adjacent to an activating group) is 1. The van der Waals surface area contributed by atoms with Gasteiger partial charge in [0, 0.05) is 13.0 Å². The maximum absolute atomic E-state index is 4.85. The molecule has 3 nitrogen and oxygen atoms in total. The Kier molecular flexibility index (Phi) is 3.08. The van der Waals surface area contributed by atoms with Crippen molar-refractivity contribution in [2.75, 3.05) is 13.6 Å². The van der Waals surface area contributed by atoms with E-state index >= 15 is 0 Å². The second kappa shape index (κ2) is 4.73. The molecule has 1 N–H and O–H groups in total. The standard InChI is InChI=1S/C15H21N3/c1-16-9-8-11-6-7-14-13(10-11)17-15(18(14)2)12-4-3-5-12/h6-7,10,12,16H,3-5,8-9H2,1-2H3. The van der Waals surface area contributed by atoms with Crippen molar-refractivity contribution < 1.29 is 0 Å². The highest BCUT2D eigenvalue weighted by Gasteiger charge is 2.24. The fraction of sp³-hybridized carbons (Fsp3) is 0.533. The molecule has 0 amide bonds. The molecule has 1 aliphatic rings. The number of nitrogens with zero attached hydrogens (tertiary/aromatic N) is 2. The van der Waals surface area contributed by atoms with Gasteiger partial charge in [0.05, 0.1) is 11.0 Å². The molecule has 1 aromatic heterocycles. The van der Waals surface area contributed by atoms with Crippen molar-refractivity contribution in [1.82, 2.24) is 14.9 Å². The molecule has 1 aromatic carbocycles. The number of rotatable bonds is 4. The highest BCUT2D eigenvalue weighted by molar-refractivity contribution is 5.77. The number of hydrogen-bond donors (Lipinski definition) is 1. The lowest BCUT2D eigenvalue weighted by molar-refractivity contribution is 0.395. The third-order valence-corrected chi connectivity index (χ3v) is 4.11. The molecular weight excluding hydrogens is 222 g/mol. The van der Waals surface area contributed by atoms with Crippen LogP contribution in [0.3, 0.4) is 0 Å². The average Bonchev–Trinajstić information content (AvgIpc) is 2.62. The molecular formula is C15H21N3. The molecule has 1 heterocycles. The zero-order valence-corrected chi connectivity index (χ0v) is 11.2. The SMILES string of the molecule is CNCCc1ccc2c(c1)nc(C1CCC1)n2C. The lowest BCUT2D eigenvalue weighted by Gasteiger charge is -2.24. The molecule has 1 aliphatic carbocycles. The van der Waals surface area contributed by atoms with Crippen LogP contribution < -0.4 is 5.32 Å². The molecule has 0 atom stereocenters. The van der Waals surface area contributed by atoms with E-state index in [0.717, 1.165) is 18.5 Å². The fourth-order valence-electron chi connectivity index (χ4n) is 2.72. The minimum atomic E-state index is 0.697. The molecule has 18 heavy (non-hydrogen) atoms. The molecule has 0 aliphatic heterocycles. The van der Waals surface area contributed by atoms with E-state index in [1.165, 1.54) is 36.2 Å². The number of hydrogen-bond acceptors (Lipinski definition) is 2. The molecule has 1 fully saturated rings. The van der Waals surface area contributed by atoms with Crippen LogP contribution in [0.5, 0.6) is 0 Å². The number of aryl methyl sites for hydroxylation is 1. The summed E-state index contributed by atoms with van der Waals surface area (Å²) in [4.78, 5) is 4.85. The predicted molar refractivity (Wildman–Crippen MR) is 74.9 cm³/mol. The summed E-state index contributed by atoms with van der Waals surface area (Å²) in [6.45, 7) is 1.02. The Morgan fingerprint density at radius 3 is 2.89 bits per heavy atom. The summed E-state index contributed by atoms with van der Waals surface area (Å²) in [5, 5.41) is 3.19. The van der Waals surface area contributed by atoms with Gasteiger partial charge >= 0.3 is 0 Å². The largest absolute Gasteiger partial charge is 0.331 e. The number of benzene rings is 1. The summed E-state index contributed by atoms with van der Waals surface area (Å²) in [5.74, 6) is 1.98. The molecule has 1 saturated carbocycles. The molecule has 0 unspecified atom stereocenters. The Balaban J connectivity index is 1.95. The van der Waals surface area contributed by atoms with Gasteiger partial charge < -0.3 is 9.88 Å². The highest BCUT2D eigenvalue weighted by atomic mass is 15.1. The van der Waals surface area contributed by atoms with Crippen molar-refractivity contribution in [3.8, 4) is 0 Å². The lowest BCUT2D eigenvalue weighted by atomic mass is 9.85. The van der Waals surface area contributed by atoms with Crippen LogP contribution >= 0.6 is 0 Å². The van der Waals surface area contributed by atoms with Crippen molar-refractivity contribution in [3.05, 3.63) is 29.6 Å². The van der Waals surface area contributed by atoms with Crippen LogP contribution in [0.4, 0.5) is 0 Å². The molecule has 3 rings (SSSR count). The lowest BCUT2D eigenvalue weighted by Crippen LogP contribution is -2.13. The zero-order chi connectivity index (χ0) is 12.5. The number of aromatic nitrogens is 2. The molecule has 0 radical (unpaired) electrons. The van der Waals surface area contributed by atoms with Gasteiger partial charge in [-0.2, -0.15) is 0 Å². The van der Waals surface area contributed by atoms with Gasteiger partial charge in [-0.1, -0.05) is 12.5 Å². The van der Waals surface area contributed by atoms with Crippen LogP contribution in [0.25, 0.3) is 11.0 Å². The Labute approximate surface area is 108 Å². The van der Waals surface area contributed by atoms with Crippen LogP contribution in [-0.4, -0.2) is 23.1 Å². The molecule has 96 valence electrons. The van der Waals surface area contributed by atoms with E-state index in [-0.39, 0.29) is 0 Å². The first-order valence-electron chi connectivity index (χ1n) is 6.89. The summed E-state index contributed by atoms with van der Waals surface area (Å²) in [6, 6.07) is 6.69. The van der Waals surface area contributed by atoms with E-state index in [1.54, 1.807) is 0 Å². The van der Waals surface area contributed by atoms with Crippen LogP contribution in [0.15, 0.2) is 18.2 Å². The summed E-state index contributed by atoms with van der Waals surface area (Å²) in [6.07, 6.45) is 5.05. The van der Waals surface area contributed by atoms with Gasteiger partial charge in [-0.3, -0.25) is 0 Å². The van der Waals surface area contributed by atoms with Gasteiger partial charge in [-0.25, -0.2) is 4.98 Å². The van der Waals surface area contributed by atoms with Gasteiger partial charge in [0.1, 0.15) is 5.82 Å². The first kappa shape index (κ1) is 11.7. The zero-order valence-electron chi connectivity index (χ0n) is 11.2. The van der Waals surface area contributed by atoms with Crippen LogP contribution in [0.2, 0.25) is 0 Å². The molecule has 0 bridgehead atoms. The summed E-state index contributed by atoms with van der Waals surface area (Å²) < 4.78 is 2.28. The third kappa shape index (κ3) is 1.93. The molecule has 3 heteroatoms. The first-order chi connectivity index (χ1) is 8.79. The van der Waals surface area contributed by atoms with Crippen molar-refractivity contribution in [2.24, 2.45) is 7.05 Å². The predicted octanol–water partition coefficient (Wildman–Crippen LogP) is 2.60. The van der Waals surface area contributed by atoms with Gasteiger partial charge in [0.25, 0.3) is 0 Å². The van der Waals surface area contributed by atoms with E-state index in [4.69, 9.17) is 4.98 Å². The van der Waals surface area contributed by atoms with Crippen LogP contribution in [-0.2, 0) is 13.5 Å². The maximum atomic E-state index is 4.85. The van der Waals surface area contributed by atoms with Gasteiger partial charge in [0.2, 0.25) is 0 Å². The Morgan fingerprint density at radius 2 is 2.22 bits per heavy atom. The first-order valence-corrected chi connectivity index (χ1v) is 6.89. The average molecular weight is 243 g/mol. The van der Waals surface area contributed by atoms with E-state index in [1.807, 2.05) is 7.05 Å². The molecule has 2 aromatic rings. The van der Waals surface area contributed by atoms with E-state index < -0.39 is 0 Å². The highest BCUT2D eigenvalue weighted by Crippen LogP contribution is 2.36. The third-order valence-electron chi connectivity index (χ3n) is 4.11. The van der Waals surface area contributed by atoms with Crippen LogP contribution in [0, 0.1) is 0 Å². The normalized spacial score (nSPS) is 16.1. The minimum absolute atomic E-state index is 0.697. The Hall–Kier alpha value is -1.35. The van der Waals surface area contributed by atoms with Crippen molar-refractivity contribution in [2.45, 2.75) is 31.6 Å². The maximum Gasteiger partial charge on any atom is 0.112 e. The van der Waals surface area contributed by atoms with Crippen LogP contribution in [0.1, 0.15) is 36.6 Å². The van der Waals surface area contributed by atoms with Gasteiger partial charge in [-0.05, 0) is 50.6 Å². The Morgan fingerprint density at radius 1 is 1.39 bits per heavy atom. The second-order valence-corrected chi connectivity index (χ2v) is 5.33. The van der Waals surface area contributed by atoms with Gasteiger partial charge in [-0.15, -0.1) is 0 Å². The van der Waals surface area contributed by atoms with Crippen molar-refractivity contribution in [1.29, 1.82) is 0 Å². The topological polar surface area (TPSA) is 29.9 Å². The summed E-state index contributed by atoms with van der Waals surface area (Å²) in [5.41, 5.74) is 3.80. The fourth-order valence-corrected chi connectivity index (χ4v) is 2.72. The minimum Gasteiger partial charge on any atom is -0.331 e. The van der Waals surface area contributed by atoms with Crippen molar-refractivity contribution in [3.63, 3.8) is 0 Å². The number of nitrogens with one attached hydrogen (secondary N) is 1. The van der Waals surface area contributed by atoms with E-state index in [9.17, 15) is 0 Å². The number of fused-ring (bicyclic) bond motifs is 1.